The number of benzene rings is 2. The van der Waals surface area contributed by atoms with Gasteiger partial charge in [0.05, 0.1) is 28.4 Å². The second-order valence-corrected chi connectivity index (χ2v) is 7.48. The molecule has 0 saturated carbocycles. The number of ether oxygens (including phenoxy) is 4. The lowest BCUT2D eigenvalue weighted by atomic mass is 9.90. The van der Waals surface area contributed by atoms with E-state index in [-0.39, 0.29) is 17.0 Å². The van der Waals surface area contributed by atoms with E-state index in [0.717, 1.165) is 61.9 Å². The van der Waals surface area contributed by atoms with Crippen LogP contribution in [0.4, 0.5) is 0 Å². The number of fused-ring (bicyclic) bond motifs is 3. The third-order valence-electron chi connectivity index (χ3n) is 6.02. The molecule has 1 aliphatic heterocycles. The highest BCUT2D eigenvalue weighted by molar-refractivity contribution is 8.93. The second kappa shape index (κ2) is 9.26. The molecule has 0 radical (unpaired) electrons. The van der Waals surface area contributed by atoms with Gasteiger partial charge in [-0.3, -0.25) is 4.90 Å². The summed E-state index contributed by atoms with van der Waals surface area (Å²) in [6.07, 6.45) is 4.40. The number of hydrogen-bond acceptors (Lipinski definition) is 5. The van der Waals surface area contributed by atoms with Crippen LogP contribution in [-0.2, 0) is 32.4 Å². The Balaban J connectivity index is 0.00000240. The van der Waals surface area contributed by atoms with Crippen molar-refractivity contribution < 1.29 is 18.9 Å². The van der Waals surface area contributed by atoms with Gasteiger partial charge in [-0.15, -0.1) is 17.0 Å². The Morgan fingerprint density at radius 3 is 2.07 bits per heavy atom. The summed E-state index contributed by atoms with van der Waals surface area (Å²) in [5.41, 5.74) is 6.87. The zero-order valence-electron chi connectivity index (χ0n) is 17.7. The van der Waals surface area contributed by atoms with Crippen molar-refractivity contribution in [1.82, 2.24) is 4.90 Å². The van der Waals surface area contributed by atoms with Gasteiger partial charge in [-0.2, -0.15) is 0 Å². The summed E-state index contributed by atoms with van der Waals surface area (Å²) in [5.74, 6) is 3.46. The maximum Gasteiger partial charge on any atom is 0.164 e. The molecule has 0 unspecified atom stereocenters. The van der Waals surface area contributed by atoms with E-state index in [4.69, 9.17) is 18.9 Å². The minimum Gasteiger partial charge on any atom is -0.493 e. The maximum absolute atomic E-state index is 5.80. The van der Waals surface area contributed by atoms with Crippen molar-refractivity contribution in [2.45, 2.75) is 38.8 Å². The third-order valence-corrected chi connectivity index (χ3v) is 6.02. The van der Waals surface area contributed by atoms with Gasteiger partial charge in [-0.25, -0.2) is 0 Å². The molecule has 0 saturated heterocycles. The molecule has 4 rings (SSSR count). The van der Waals surface area contributed by atoms with Crippen molar-refractivity contribution in [3.8, 4) is 23.0 Å². The van der Waals surface area contributed by atoms with E-state index in [1.165, 1.54) is 34.2 Å². The molecule has 0 amide bonds. The highest BCUT2D eigenvalue weighted by Crippen LogP contribution is 2.46. The summed E-state index contributed by atoms with van der Waals surface area (Å²) < 4.78 is 22.4. The van der Waals surface area contributed by atoms with Crippen LogP contribution in [0.2, 0.25) is 0 Å². The molecule has 0 fully saturated rings. The standard InChI is InChI=1S/C23H29NO4.BrH/c1-25-20-9-8-15(12-21(20)26-2)13-24-11-10-18-19(14-24)16-6-5-7-17(16)22(27-3)23(18)28-4;/h8-9,12H,5-7,10-11,13-14H2,1-4H3;1H. The second-order valence-electron chi connectivity index (χ2n) is 7.48. The normalized spacial score (nSPS) is 15.2. The fourth-order valence-corrected chi connectivity index (χ4v) is 4.75. The van der Waals surface area contributed by atoms with E-state index >= 15 is 0 Å². The van der Waals surface area contributed by atoms with E-state index in [1.54, 1.807) is 28.4 Å². The number of hydrogen-bond donors (Lipinski definition) is 0. The summed E-state index contributed by atoms with van der Waals surface area (Å²) >= 11 is 0. The zero-order valence-corrected chi connectivity index (χ0v) is 19.4. The maximum atomic E-state index is 5.80. The van der Waals surface area contributed by atoms with Crippen LogP contribution in [0.1, 0.15) is 34.2 Å². The molecule has 5 nitrogen and oxygen atoms in total. The molecule has 2 aromatic carbocycles. The fraction of sp³-hybridized carbons (Fsp3) is 0.478. The molecule has 158 valence electrons. The van der Waals surface area contributed by atoms with Gasteiger partial charge in [-0.05, 0) is 54.5 Å². The zero-order chi connectivity index (χ0) is 19.7. The van der Waals surface area contributed by atoms with Crippen LogP contribution in [0.15, 0.2) is 18.2 Å². The number of methoxy groups -OCH3 is 4. The SMILES string of the molecule is Br.COc1ccc(CN2CCc3c(c4c(c(OC)c3OC)CCC4)C2)cc1OC. The lowest BCUT2D eigenvalue weighted by Crippen LogP contribution is -2.31. The first-order valence-corrected chi connectivity index (χ1v) is 9.90. The molecule has 6 heteroatoms. The van der Waals surface area contributed by atoms with Crippen LogP contribution in [0.3, 0.4) is 0 Å². The Morgan fingerprint density at radius 1 is 0.759 bits per heavy atom. The molecule has 0 atom stereocenters. The first kappa shape index (κ1) is 21.8. The van der Waals surface area contributed by atoms with Crippen LogP contribution in [0.25, 0.3) is 0 Å². The van der Waals surface area contributed by atoms with Crippen LogP contribution in [-0.4, -0.2) is 39.9 Å². The molecular formula is C23H30BrNO4. The van der Waals surface area contributed by atoms with Crippen LogP contribution < -0.4 is 18.9 Å². The van der Waals surface area contributed by atoms with Crippen molar-refractivity contribution in [2.75, 3.05) is 35.0 Å². The Kier molecular flexibility index (Phi) is 6.96. The lowest BCUT2D eigenvalue weighted by Gasteiger charge is -2.32. The molecule has 1 heterocycles. The van der Waals surface area contributed by atoms with Gasteiger partial charge in [0.1, 0.15) is 0 Å². The van der Waals surface area contributed by atoms with E-state index in [0.29, 0.717) is 0 Å². The number of rotatable bonds is 6. The minimum atomic E-state index is 0. The molecule has 0 aromatic heterocycles. The fourth-order valence-electron chi connectivity index (χ4n) is 4.75. The van der Waals surface area contributed by atoms with Gasteiger partial charge in [0.2, 0.25) is 0 Å². The first-order chi connectivity index (χ1) is 13.7. The van der Waals surface area contributed by atoms with Crippen molar-refractivity contribution in [3.05, 3.63) is 46.0 Å². The van der Waals surface area contributed by atoms with Crippen molar-refractivity contribution >= 4 is 17.0 Å². The van der Waals surface area contributed by atoms with Crippen LogP contribution in [0, 0.1) is 0 Å². The Hall–Kier alpha value is -1.92. The molecular weight excluding hydrogens is 434 g/mol. The van der Waals surface area contributed by atoms with E-state index in [9.17, 15) is 0 Å². The van der Waals surface area contributed by atoms with Crippen molar-refractivity contribution in [3.63, 3.8) is 0 Å². The van der Waals surface area contributed by atoms with Gasteiger partial charge in [0.25, 0.3) is 0 Å². The average molecular weight is 464 g/mol. The molecule has 0 N–H and O–H groups in total. The van der Waals surface area contributed by atoms with Crippen LogP contribution >= 0.6 is 17.0 Å². The highest BCUT2D eigenvalue weighted by Gasteiger charge is 2.31. The minimum absolute atomic E-state index is 0. The van der Waals surface area contributed by atoms with Gasteiger partial charge >= 0.3 is 0 Å². The summed E-state index contributed by atoms with van der Waals surface area (Å²) in [4.78, 5) is 2.51. The lowest BCUT2D eigenvalue weighted by molar-refractivity contribution is 0.239. The summed E-state index contributed by atoms with van der Waals surface area (Å²) in [6, 6.07) is 6.18. The number of nitrogens with zero attached hydrogens (tertiary/aromatic N) is 1. The topological polar surface area (TPSA) is 40.2 Å². The Bertz CT molecular complexity index is 884. The van der Waals surface area contributed by atoms with E-state index in [1.807, 2.05) is 6.07 Å². The average Bonchev–Trinajstić information content (AvgIpc) is 3.22. The number of halogens is 1. The predicted octanol–water partition coefficient (Wildman–Crippen LogP) is 4.35. The van der Waals surface area contributed by atoms with Gasteiger partial charge < -0.3 is 18.9 Å². The molecule has 0 bridgehead atoms. The van der Waals surface area contributed by atoms with Crippen molar-refractivity contribution in [1.29, 1.82) is 0 Å². The Morgan fingerprint density at radius 2 is 1.41 bits per heavy atom. The van der Waals surface area contributed by atoms with Crippen LogP contribution in [0.5, 0.6) is 23.0 Å². The Labute approximate surface area is 183 Å². The molecule has 0 spiro atoms. The largest absolute Gasteiger partial charge is 0.493 e. The first-order valence-electron chi connectivity index (χ1n) is 9.90. The highest BCUT2D eigenvalue weighted by atomic mass is 79.9. The van der Waals surface area contributed by atoms with Crippen molar-refractivity contribution in [2.24, 2.45) is 0 Å². The third kappa shape index (κ3) is 3.92. The molecule has 29 heavy (non-hydrogen) atoms. The smallest absolute Gasteiger partial charge is 0.164 e. The monoisotopic (exact) mass is 463 g/mol. The molecule has 2 aliphatic rings. The van der Waals surface area contributed by atoms with Gasteiger partial charge in [-0.1, -0.05) is 6.07 Å². The predicted molar refractivity (Wildman–Crippen MR) is 119 cm³/mol. The summed E-state index contributed by atoms with van der Waals surface area (Å²) in [7, 11) is 6.87. The quantitative estimate of drug-likeness (QED) is 0.636. The molecule has 1 aliphatic carbocycles. The van der Waals surface area contributed by atoms with Gasteiger partial charge in [0.15, 0.2) is 23.0 Å². The van der Waals surface area contributed by atoms with Gasteiger partial charge in [0, 0.05) is 30.8 Å². The van der Waals surface area contributed by atoms with E-state index < -0.39 is 0 Å². The molecule has 2 aromatic rings. The van der Waals surface area contributed by atoms with E-state index in [2.05, 4.69) is 17.0 Å². The summed E-state index contributed by atoms with van der Waals surface area (Å²) in [6.45, 7) is 2.84. The summed E-state index contributed by atoms with van der Waals surface area (Å²) in [5, 5.41) is 0.